The minimum atomic E-state index is -0.305. The predicted molar refractivity (Wildman–Crippen MR) is 79.2 cm³/mol. The van der Waals surface area contributed by atoms with Crippen LogP contribution in [-0.2, 0) is 0 Å². The van der Waals surface area contributed by atoms with Crippen molar-refractivity contribution in [3.8, 4) is 0 Å². The molecular formula is C15H15BrFNO. The smallest absolute Gasteiger partial charge is 0.252 e. The van der Waals surface area contributed by atoms with Crippen LogP contribution in [0, 0.1) is 5.82 Å². The van der Waals surface area contributed by atoms with Gasteiger partial charge in [0.05, 0.1) is 0 Å². The maximum atomic E-state index is 13.7. The standard InChI is InChI=1S/C15H15BrFNO/c1-10(8-9-16)18-15(19)13-6-7-14(17)12-5-3-2-4-11(12)13/h2-7,10H,8-9H2,1H3,(H,18,19). The zero-order valence-electron chi connectivity index (χ0n) is 10.6. The number of nitrogens with one attached hydrogen (secondary N) is 1. The lowest BCUT2D eigenvalue weighted by Gasteiger charge is -2.13. The van der Waals surface area contributed by atoms with Gasteiger partial charge in [-0.15, -0.1) is 0 Å². The highest BCUT2D eigenvalue weighted by atomic mass is 79.9. The van der Waals surface area contributed by atoms with Gasteiger partial charge in [-0.2, -0.15) is 0 Å². The van der Waals surface area contributed by atoms with Crippen LogP contribution >= 0.6 is 15.9 Å². The molecule has 0 aliphatic carbocycles. The Labute approximate surface area is 120 Å². The van der Waals surface area contributed by atoms with Gasteiger partial charge in [-0.05, 0) is 30.9 Å². The molecule has 0 bridgehead atoms. The third-order valence-corrected chi connectivity index (χ3v) is 3.49. The van der Waals surface area contributed by atoms with Crippen molar-refractivity contribution < 1.29 is 9.18 Å². The van der Waals surface area contributed by atoms with E-state index in [1.54, 1.807) is 24.3 Å². The van der Waals surface area contributed by atoms with E-state index in [1.165, 1.54) is 12.1 Å². The summed E-state index contributed by atoms with van der Waals surface area (Å²) >= 11 is 3.34. The second-order valence-electron chi connectivity index (χ2n) is 4.49. The molecule has 1 unspecified atom stereocenters. The van der Waals surface area contributed by atoms with Crippen molar-refractivity contribution in [2.75, 3.05) is 5.33 Å². The van der Waals surface area contributed by atoms with Crippen LogP contribution in [0.15, 0.2) is 36.4 Å². The number of rotatable bonds is 4. The highest BCUT2D eigenvalue weighted by Gasteiger charge is 2.13. The fraction of sp³-hybridized carbons (Fsp3) is 0.267. The number of alkyl halides is 1. The number of hydrogen-bond donors (Lipinski definition) is 1. The third-order valence-electron chi connectivity index (χ3n) is 3.04. The van der Waals surface area contributed by atoms with Gasteiger partial charge in [-0.25, -0.2) is 4.39 Å². The number of carbonyl (C=O) groups excluding carboxylic acids is 1. The molecule has 1 N–H and O–H groups in total. The first-order chi connectivity index (χ1) is 9.13. The summed E-state index contributed by atoms with van der Waals surface area (Å²) in [6.07, 6.45) is 0.852. The minimum Gasteiger partial charge on any atom is -0.350 e. The monoisotopic (exact) mass is 323 g/mol. The fourth-order valence-corrected chi connectivity index (χ4v) is 2.68. The molecule has 0 spiro atoms. The van der Waals surface area contributed by atoms with Crippen molar-refractivity contribution in [2.45, 2.75) is 19.4 Å². The highest BCUT2D eigenvalue weighted by molar-refractivity contribution is 9.09. The molecule has 0 fully saturated rings. The van der Waals surface area contributed by atoms with Crippen molar-refractivity contribution in [2.24, 2.45) is 0 Å². The van der Waals surface area contributed by atoms with E-state index in [2.05, 4.69) is 21.2 Å². The Morgan fingerprint density at radius 1 is 1.26 bits per heavy atom. The van der Waals surface area contributed by atoms with Crippen LogP contribution in [0.4, 0.5) is 4.39 Å². The van der Waals surface area contributed by atoms with Gasteiger partial charge in [-0.1, -0.05) is 40.2 Å². The number of fused-ring (bicyclic) bond motifs is 1. The largest absolute Gasteiger partial charge is 0.350 e. The molecule has 0 aliphatic rings. The van der Waals surface area contributed by atoms with Crippen LogP contribution in [0.25, 0.3) is 10.8 Å². The average molecular weight is 324 g/mol. The van der Waals surface area contributed by atoms with Crippen LogP contribution < -0.4 is 5.32 Å². The molecular weight excluding hydrogens is 309 g/mol. The summed E-state index contributed by atoms with van der Waals surface area (Å²) in [5.41, 5.74) is 0.512. The Balaban J connectivity index is 2.35. The summed E-state index contributed by atoms with van der Waals surface area (Å²) in [5, 5.41) is 4.87. The summed E-state index contributed by atoms with van der Waals surface area (Å²) in [6, 6.07) is 9.98. The van der Waals surface area contributed by atoms with Crippen molar-refractivity contribution >= 4 is 32.6 Å². The summed E-state index contributed by atoms with van der Waals surface area (Å²) in [5.74, 6) is -0.467. The van der Waals surface area contributed by atoms with Gasteiger partial charge in [0.1, 0.15) is 5.82 Å². The van der Waals surface area contributed by atoms with E-state index in [-0.39, 0.29) is 17.8 Å². The highest BCUT2D eigenvalue weighted by Crippen LogP contribution is 2.21. The van der Waals surface area contributed by atoms with Gasteiger partial charge in [0.15, 0.2) is 0 Å². The van der Waals surface area contributed by atoms with Crippen LogP contribution in [0.2, 0.25) is 0 Å². The van der Waals surface area contributed by atoms with Crippen LogP contribution in [0.1, 0.15) is 23.7 Å². The van der Waals surface area contributed by atoms with Crippen molar-refractivity contribution in [1.82, 2.24) is 5.32 Å². The number of hydrogen-bond acceptors (Lipinski definition) is 1. The average Bonchev–Trinajstić information content (AvgIpc) is 2.39. The molecule has 2 rings (SSSR count). The van der Waals surface area contributed by atoms with Crippen molar-refractivity contribution in [1.29, 1.82) is 0 Å². The molecule has 0 saturated heterocycles. The zero-order valence-corrected chi connectivity index (χ0v) is 12.2. The van der Waals surface area contributed by atoms with Crippen molar-refractivity contribution in [3.05, 3.63) is 47.8 Å². The molecule has 0 saturated carbocycles. The first kappa shape index (κ1) is 14.0. The Morgan fingerprint density at radius 3 is 2.63 bits per heavy atom. The van der Waals surface area contributed by atoms with E-state index >= 15 is 0 Å². The Bertz CT molecular complexity index is 600. The maximum absolute atomic E-state index is 13.7. The quantitative estimate of drug-likeness (QED) is 0.850. The molecule has 0 radical (unpaired) electrons. The van der Waals surface area contributed by atoms with Crippen LogP contribution in [-0.4, -0.2) is 17.3 Å². The number of carbonyl (C=O) groups is 1. The molecule has 0 aromatic heterocycles. The summed E-state index contributed by atoms with van der Waals surface area (Å²) in [7, 11) is 0. The first-order valence-electron chi connectivity index (χ1n) is 6.17. The van der Waals surface area contributed by atoms with Gasteiger partial charge in [0, 0.05) is 22.3 Å². The van der Waals surface area contributed by atoms with E-state index in [0.717, 1.165) is 11.8 Å². The second-order valence-corrected chi connectivity index (χ2v) is 5.29. The van der Waals surface area contributed by atoms with Gasteiger partial charge in [0.2, 0.25) is 0 Å². The fourth-order valence-electron chi connectivity index (χ4n) is 2.00. The van der Waals surface area contributed by atoms with Gasteiger partial charge >= 0.3 is 0 Å². The maximum Gasteiger partial charge on any atom is 0.252 e. The third kappa shape index (κ3) is 3.13. The molecule has 0 aliphatic heterocycles. The molecule has 2 aromatic carbocycles. The van der Waals surface area contributed by atoms with Gasteiger partial charge in [-0.3, -0.25) is 4.79 Å². The van der Waals surface area contributed by atoms with E-state index in [9.17, 15) is 9.18 Å². The Kier molecular flexibility index (Phi) is 4.53. The molecule has 1 atom stereocenters. The SMILES string of the molecule is CC(CCBr)NC(=O)c1ccc(F)c2ccccc12. The van der Waals surface area contributed by atoms with E-state index in [4.69, 9.17) is 0 Å². The number of amides is 1. The molecule has 100 valence electrons. The molecule has 4 heteroatoms. The first-order valence-corrected chi connectivity index (χ1v) is 7.29. The summed E-state index contributed by atoms with van der Waals surface area (Å²) in [6.45, 7) is 1.95. The molecule has 2 aromatic rings. The molecule has 2 nitrogen and oxygen atoms in total. The van der Waals surface area contributed by atoms with Crippen LogP contribution in [0.5, 0.6) is 0 Å². The number of benzene rings is 2. The second kappa shape index (κ2) is 6.15. The van der Waals surface area contributed by atoms with Gasteiger partial charge in [0.25, 0.3) is 5.91 Å². The minimum absolute atomic E-state index is 0.0793. The topological polar surface area (TPSA) is 29.1 Å². The lowest BCUT2D eigenvalue weighted by Crippen LogP contribution is -2.32. The van der Waals surface area contributed by atoms with E-state index in [1.807, 2.05) is 6.92 Å². The lowest BCUT2D eigenvalue weighted by atomic mass is 10.0. The number of halogens is 2. The van der Waals surface area contributed by atoms with Gasteiger partial charge < -0.3 is 5.32 Å². The summed E-state index contributed by atoms with van der Waals surface area (Å²) in [4.78, 5) is 12.2. The molecule has 1 amide bonds. The normalized spacial score (nSPS) is 12.4. The molecule has 19 heavy (non-hydrogen) atoms. The zero-order chi connectivity index (χ0) is 13.8. The lowest BCUT2D eigenvalue weighted by molar-refractivity contribution is 0.0941. The Hall–Kier alpha value is -1.42. The molecule has 0 heterocycles. The van der Waals surface area contributed by atoms with E-state index in [0.29, 0.717) is 16.3 Å². The predicted octanol–water partition coefficient (Wildman–Crippen LogP) is 3.88. The van der Waals surface area contributed by atoms with E-state index < -0.39 is 0 Å². The van der Waals surface area contributed by atoms with Crippen molar-refractivity contribution in [3.63, 3.8) is 0 Å². The van der Waals surface area contributed by atoms with Crippen LogP contribution in [0.3, 0.4) is 0 Å². The Morgan fingerprint density at radius 2 is 1.95 bits per heavy atom. The summed E-state index contributed by atoms with van der Waals surface area (Å²) < 4.78 is 13.7.